The standard InChI is InChI=1S/C16H12Cl2N2O2S2/c1-8-13(9-3-5-10(22-2)6-4-9)19-16(23-8)20-15(21)11-7-12(17)24-14(11)18/h3-7H,1-2H3,(H,19,20,21). The summed E-state index contributed by atoms with van der Waals surface area (Å²) >= 11 is 14.5. The summed E-state index contributed by atoms with van der Waals surface area (Å²) in [5.74, 6) is 0.460. The first kappa shape index (κ1) is 17.2. The second-order valence-electron chi connectivity index (χ2n) is 4.84. The highest BCUT2D eigenvalue weighted by Gasteiger charge is 2.17. The molecule has 24 heavy (non-hydrogen) atoms. The lowest BCUT2D eigenvalue weighted by Gasteiger charge is -2.02. The molecule has 8 heteroatoms. The van der Waals surface area contributed by atoms with Crippen LogP contribution in [0.3, 0.4) is 0 Å². The Kier molecular flexibility index (Phi) is 5.10. The van der Waals surface area contributed by atoms with E-state index >= 15 is 0 Å². The molecule has 0 aliphatic heterocycles. The van der Waals surface area contributed by atoms with Crippen LogP contribution in [0.25, 0.3) is 11.3 Å². The molecular formula is C16H12Cl2N2O2S2. The van der Waals surface area contributed by atoms with Crippen molar-refractivity contribution in [1.82, 2.24) is 4.98 Å². The molecule has 1 aromatic carbocycles. The van der Waals surface area contributed by atoms with Crippen molar-refractivity contribution in [3.63, 3.8) is 0 Å². The first-order valence-corrected chi connectivity index (χ1v) is 9.25. The number of thiophene rings is 1. The van der Waals surface area contributed by atoms with Crippen LogP contribution in [0.4, 0.5) is 5.13 Å². The van der Waals surface area contributed by atoms with Gasteiger partial charge in [-0.15, -0.1) is 22.7 Å². The maximum atomic E-state index is 12.3. The van der Waals surface area contributed by atoms with Crippen molar-refractivity contribution in [3.8, 4) is 17.0 Å². The average molecular weight is 399 g/mol. The van der Waals surface area contributed by atoms with Gasteiger partial charge in [-0.3, -0.25) is 10.1 Å². The number of aromatic nitrogens is 1. The summed E-state index contributed by atoms with van der Waals surface area (Å²) in [6, 6.07) is 9.16. The maximum absolute atomic E-state index is 12.3. The van der Waals surface area contributed by atoms with Gasteiger partial charge in [0.15, 0.2) is 5.13 Å². The zero-order chi connectivity index (χ0) is 17.3. The third kappa shape index (κ3) is 3.57. The smallest absolute Gasteiger partial charge is 0.259 e. The van der Waals surface area contributed by atoms with Crippen LogP contribution >= 0.6 is 45.9 Å². The summed E-state index contributed by atoms with van der Waals surface area (Å²) < 4.78 is 5.99. The number of hydrogen-bond acceptors (Lipinski definition) is 5. The van der Waals surface area contributed by atoms with E-state index in [1.807, 2.05) is 31.2 Å². The highest BCUT2D eigenvalue weighted by Crippen LogP contribution is 2.34. The summed E-state index contributed by atoms with van der Waals surface area (Å²) in [4.78, 5) is 17.8. The van der Waals surface area contributed by atoms with Crippen LogP contribution in [0.1, 0.15) is 15.2 Å². The van der Waals surface area contributed by atoms with Gasteiger partial charge in [0.25, 0.3) is 5.91 Å². The number of amides is 1. The van der Waals surface area contributed by atoms with Gasteiger partial charge < -0.3 is 4.74 Å². The molecule has 0 bridgehead atoms. The number of benzene rings is 1. The number of halogens is 2. The van der Waals surface area contributed by atoms with E-state index in [9.17, 15) is 4.79 Å². The van der Waals surface area contributed by atoms with E-state index in [0.29, 0.717) is 19.4 Å². The van der Waals surface area contributed by atoms with Crippen LogP contribution in [0.15, 0.2) is 30.3 Å². The molecule has 0 unspecified atom stereocenters. The molecule has 0 fully saturated rings. The fraction of sp³-hybridized carbons (Fsp3) is 0.125. The average Bonchev–Trinajstić information content (AvgIpc) is 3.09. The maximum Gasteiger partial charge on any atom is 0.259 e. The molecule has 2 heterocycles. The van der Waals surface area contributed by atoms with E-state index in [1.54, 1.807) is 13.2 Å². The molecule has 0 aliphatic carbocycles. The first-order valence-electron chi connectivity index (χ1n) is 6.86. The molecule has 0 aliphatic rings. The third-order valence-electron chi connectivity index (χ3n) is 3.28. The molecule has 3 rings (SSSR count). The van der Waals surface area contributed by atoms with Crippen molar-refractivity contribution in [3.05, 3.63) is 49.4 Å². The van der Waals surface area contributed by atoms with E-state index < -0.39 is 0 Å². The number of rotatable bonds is 4. The minimum atomic E-state index is -0.321. The fourth-order valence-corrected chi connectivity index (χ4v) is 4.42. The first-order chi connectivity index (χ1) is 11.5. The van der Waals surface area contributed by atoms with Gasteiger partial charge in [-0.1, -0.05) is 23.2 Å². The lowest BCUT2D eigenvalue weighted by molar-refractivity contribution is 0.102. The van der Waals surface area contributed by atoms with E-state index in [2.05, 4.69) is 10.3 Å². The Morgan fingerprint density at radius 3 is 2.50 bits per heavy atom. The van der Waals surface area contributed by atoms with Crippen LogP contribution in [0.5, 0.6) is 5.75 Å². The highest BCUT2D eigenvalue weighted by molar-refractivity contribution is 7.20. The Bertz CT molecular complexity index is 888. The van der Waals surface area contributed by atoms with Gasteiger partial charge in [-0.25, -0.2) is 4.98 Å². The summed E-state index contributed by atoms with van der Waals surface area (Å²) in [5.41, 5.74) is 2.14. The van der Waals surface area contributed by atoms with E-state index in [4.69, 9.17) is 27.9 Å². The Morgan fingerprint density at radius 2 is 1.92 bits per heavy atom. The minimum Gasteiger partial charge on any atom is -0.497 e. The summed E-state index contributed by atoms with van der Waals surface area (Å²) in [6.07, 6.45) is 0. The number of methoxy groups -OCH3 is 1. The van der Waals surface area contributed by atoms with Crippen molar-refractivity contribution >= 4 is 56.9 Å². The zero-order valence-electron chi connectivity index (χ0n) is 12.7. The number of thiazole rings is 1. The largest absolute Gasteiger partial charge is 0.497 e. The molecule has 1 N–H and O–H groups in total. The quantitative estimate of drug-likeness (QED) is 0.608. The topological polar surface area (TPSA) is 51.2 Å². The molecule has 0 spiro atoms. The van der Waals surface area contributed by atoms with Crippen LogP contribution in [0, 0.1) is 6.92 Å². The lowest BCUT2D eigenvalue weighted by atomic mass is 10.1. The van der Waals surface area contributed by atoms with Gasteiger partial charge in [-0.05, 0) is 37.3 Å². The number of hydrogen-bond donors (Lipinski definition) is 1. The number of carbonyl (C=O) groups excluding carboxylic acids is 1. The molecule has 124 valence electrons. The minimum absolute atomic E-state index is 0.321. The Morgan fingerprint density at radius 1 is 1.21 bits per heavy atom. The molecule has 1 amide bonds. The van der Waals surface area contributed by atoms with Gasteiger partial charge in [-0.2, -0.15) is 0 Å². The third-order valence-corrected chi connectivity index (χ3v) is 5.66. The molecule has 0 saturated heterocycles. The van der Waals surface area contributed by atoms with E-state index in [0.717, 1.165) is 33.2 Å². The van der Waals surface area contributed by atoms with E-state index in [-0.39, 0.29) is 5.91 Å². The predicted octanol–water partition coefficient (Wildman–Crippen LogP) is 5.75. The Balaban J connectivity index is 1.83. The van der Waals surface area contributed by atoms with Crippen LogP contribution in [0.2, 0.25) is 8.67 Å². The van der Waals surface area contributed by atoms with Crippen molar-refractivity contribution in [2.45, 2.75) is 6.92 Å². The highest BCUT2D eigenvalue weighted by atomic mass is 35.5. The number of nitrogens with zero attached hydrogens (tertiary/aromatic N) is 1. The number of anilines is 1. The molecule has 2 aromatic heterocycles. The Hall–Kier alpha value is -1.60. The molecule has 0 radical (unpaired) electrons. The normalized spacial score (nSPS) is 10.7. The molecule has 0 atom stereocenters. The van der Waals surface area contributed by atoms with Crippen molar-refractivity contribution in [1.29, 1.82) is 0 Å². The number of nitrogens with one attached hydrogen (secondary N) is 1. The molecule has 4 nitrogen and oxygen atoms in total. The zero-order valence-corrected chi connectivity index (χ0v) is 15.9. The van der Waals surface area contributed by atoms with Crippen LogP contribution in [-0.2, 0) is 0 Å². The Labute approximate surface area is 157 Å². The number of ether oxygens (including phenoxy) is 1. The fourth-order valence-electron chi connectivity index (χ4n) is 2.13. The van der Waals surface area contributed by atoms with Crippen LogP contribution in [-0.4, -0.2) is 18.0 Å². The second-order valence-corrected chi connectivity index (χ2v) is 8.33. The van der Waals surface area contributed by atoms with Gasteiger partial charge in [0, 0.05) is 10.4 Å². The van der Waals surface area contributed by atoms with Gasteiger partial charge in [0.2, 0.25) is 0 Å². The van der Waals surface area contributed by atoms with E-state index in [1.165, 1.54) is 11.3 Å². The summed E-state index contributed by atoms with van der Waals surface area (Å²) in [5, 5.41) is 3.29. The molecular weight excluding hydrogens is 387 g/mol. The SMILES string of the molecule is COc1ccc(-c2nc(NC(=O)c3cc(Cl)sc3Cl)sc2C)cc1. The molecule has 0 saturated carbocycles. The van der Waals surface area contributed by atoms with Crippen molar-refractivity contribution in [2.75, 3.05) is 12.4 Å². The predicted molar refractivity (Wildman–Crippen MR) is 101 cm³/mol. The summed E-state index contributed by atoms with van der Waals surface area (Å²) in [6.45, 7) is 1.96. The summed E-state index contributed by atoms with van der Waals surface area (Å²) in [7, 11) is 1.62. The van der Waals surface area contributed by atoms with Gasteiger partial charge >= 0.3 is 0 Å². The lowest BCUT2D eigenvalue weighted by Crippen LogP contribution is -2.11. The molecule has 3 aromatic rings. The van der Waals surface area contributed by atoms with Crippen molar-refractivity contribution < 1.29 is 9.53 Å². The van der Waals surface area contributed by atoms with Gasteiger partial charge in [0.1, 0.15) is 10.1 Å². The number of carbonyl (C=O) groups is 1. The van der Waals surface area contributed by atoms with Crippen LogP contribution < -0.4 is 10.1 Å². The van der Waals surface area contributed by atoms with Gasteiger partial charge in [0.05, 0.1) is 22.7 Å². The van der Waals surface area contributed by atoms with Crippen molar-refractivity contribution in [2.24, 2.45) is 0 Å². The number of aryl methyl sites for hydroxylation is 1. The second kappa shape index (κ2) is 7.11. The monoisotopic (exact) mass is 398 g/mol.